The highest BCUT2D eigenvalue weighted by atomic mass is 16.5. The SMILES string of the molecule is CC1Oc2ncc(C#N)nc2NC1=O. The molecule has 1 aromatic rings. The fraction of sp³-hybridized carbons (Fsp3) is 0.250. The minimum Gasteiger partial charge on any atom is -0.462 e. The zero-order valence-electron chi connectivity index (χ0n) is 7.31. The molecule has 1 atom stereocenters. The van der Waals surface area contributed by atoms with Crippen LogP contribution in [-0.2, 0) is 4.79 Å². The summed E-state index contributed by atoms with van der Waals surface area (Å²) in [6.45, 7) is 1.61. The van der Waals surface area contributed by atoms with E-state index < -0.39 is 6.10 Å². The number of nitrogens with zero attached hydrogens (tertiary/aromatic N) is 3. The van der Waals surface area contributed by atoms with E-state index in [9.17, 15) is 4.79 Å². The Hall–Kier alpha value is -2.16. The average Bonchev–Trinajstić information content (AvgIpc) is 2.19. The van der Waals surface area contributed by atoms with Crippen molar-refractivity contribution in [3.63, 3.8) is 0 Å². The quantitative estimate of drug-likeness (QED) is 0.625. The van der Waals surface area contributed by atoms with E-state index >= 15 is 0 Å². The summed E-state index contributed by atoms with van der Waals surface area (Å²) in [6, 6.07) is 1.82. The molecule has 1 aliphatic rings. The van der Waals surface area contributed by atoms with Crippen molar-refractivity contribution < 1.29 is 9.53 Å². The van der Waals surface area contributed by atoms with Crippen molar-refractivity contribution in [2.24, 2.45) is 0 Å². The van der Waals surface area contributed by atoms with Crippen molar-refractivity contribution >= 4 is 11.7 Å². The van der Waals surface area contributed by atoms with Crippen LogP contribution in [-0.4, -0.2) is 22.0 Å². The van der Waals surface area contributed by atoms with Crippen molar-refractivity contribution in [3.8, 4) is 11.9 Å². The third-order valence-electron chi connectivity index (χ3n) is 1.75. The van der Waals surface area contributed by atoms with Crippen molar-refractivity contribution in [2.75, 3.05) is 5.32 Å². The first-order valence-corrected chi connectivity index (χ1v) is 3.95. The number of ether oxygens (including phenoxy) is 1. The van der Waals surface area contributed by atoms with Crippen LogP contribution in [0.2, 0.25) is 0 Å². The minimum absolute atomic E-state index is 0.141. The van der Waals surface area contributed by atoms with Gasteiger partial charge in [0.2, 0.25) is 0 Å². The number of carbonyl (C=O) groups excluding carboxylic acids is 1. The molecule has 1 N–H and O–H groups in total. The number of amides is 1. The fourth-order valence-electron chi connectivity index (χ4n) is 1.04. The van der Waals surface area contributed by atoms with Gasteiger partial charge in [0.05, 0.1) is 6.20 Å². The Labute approximate surface area is 79.5 Å². The van der Waals surface area contributed by atoms with E-state index in [1.165, 1.54) is 6.20 Å². The predicted octanol–water partition coefficient (Wildman–Crippen LogP) is 0.0677. The Morgan fingerprint density at radius 1 is 1.71 bits per heavy atom. The van der Waals surface area contributed by atoms with E-state index in [1.807, 2.05) is 6.07 Å². The lowest BCUT2D eigenvalue weighted by molar-refractivity contribution is -0.122. The summed E-state index contributed by atoms with van der Waals surface area (Å²) in [5.74, 6) is 0.158. The van der Waals surface area contributed by atoms with E-state index in [0.29, 0.717) is 0 Å². The molecule has 2 heterocycles. The minimum atomic E-state index is -0.579. The second-order valence-corrected chi connectivity index (χ2v) is 2.77. The van der Waals surface area contributed by atoms with Crippen LogP contribution in [0.15, 0.2) is 6.20 Å². The average molecular weight is 190 g/mol. The molecule has 0 spiro atoms. The van der Waals surface area contributed by atoms with Gasteiger partial charge >= 0.3 is 0 Å². The first kappa shape index (κ1) is 8.44. The lowest BCUT2D eigenvalue weighted by Gasteiger charge is -2.20. The van der Waals surface area contributed by atoms with Crippen molar-refractivity contribution in [1.29, 1.82) is 5.26 Å². The van der Waals surface area contributed by atoms with Crippen LogP contribution < -0.4 is 10.1 Å². The molecule has 1 unspecified atom stereocenters. The standard InChI is InChI=1S/C8H6N4O2/c1-4-7(13)12-6-8(14-4)10-3-5(2-9)11-6/h3-4H,1H3,(H,11,12,13). The van der Waals surface area contributed by atoms with Gasteiger partial charge in [-0.3, -0.25) is 4.79 Å². The van der Waals surface area contributed by atoms with Gasteiger partial charge in [0.1, 0.15) is 6.07 Å². The molecular formula is C8H6N4O2. The topological polar surface area (TPSA) is 87.9 Å². The molecule has 1 aliphatic heterocycles. The van der Waals surface area contributed by atoms with Gasteiger partial charge in [-0.05, 0) is 6.92 Å². The molecule has 70 valence electrons. The molecular weight excluding hydrogens is 184 g/mol. The van der Waals surface area contributed by atoms with Gasteiger partial charge in [0.25, 0.3) is 11.8 Å². The third-order valence-corrected chi connectivity index (χ3v) is 1.75. The molecule has 14 heavy (non-hydrogen) atoms. The molecule has 1 amide bonds. The highest BCUT2D eigenvalue weighted by Crippen LogP contribution is 2.24. The zero-order valence-corrected chi connectivity index (χ0v) is 7.31. The molecule has 6 heteroatoms. The van der Waals surface area contributed by atoms with Crippen molar-refractivity contribution in [1.82, 2.24) is 9.97 Å². The van der Waals surface area contributed by atoms with Crippen LogP contribution in [0.1, 0.15) is 12.6 Å². The number of rotatable bonds is 0. The van der Waals surface area contributed by atoms with Crippen LogP contribution >= 0.6 is 0 Å². The number of aromatic nitrogens is 2. The van der Waals surface area contributed by atoms with E-state index in [-0.39, 0.29) is 23.3 Å². The van der Waals surface area contributed by atoms with Crippen LogP contribution in [0.3, 0.4) is 0 Å². The highest BCUT2D eigenvalue weighted by Gasteiger charge is 2.25. The number of hydrogen-bond acceptors (Lipinski definition) is 5. The molecule has 0 saturated heterocycles. The molecule has 0 saturated carbocycles. The third kappa shape index (κ3) is 1.25. The fourth-order valence-corrected chi connectivity index (χ4v) is 1.04. The first-order chi connectivity index (χ1) is 6.70. The first-order valence-electron chi connectivity index (χ1n) is 3.95. The normalized spacial score (nSPS) is 18.9. The van der Waals surface area contributed by atoms with Gasteiger partial charge in [-0.25, -0.2) is 9.97 Å². The summed E-state index contributed by atoms with van der Waals surface area (Å²) in [5, 5.41) is 11.0. The van der Waals surface area contributed by atoms with Crippen LogP contribution in [0.4, 0.5) is 5.82 Å². The monoisotopic (exact) mass is 190 g/mol. The molecule has 6 nitrogen and oxygen atoms in total. The Bertz CT molecular complexity index is 437. The Morgan fingerprint density at radius 3 is 3.21 bits per heavy atom. The van der Waals surface area contributed by atoms with Gasteiger partial charge in [-0.15, -0.1) is 0 Å². The number of nitrogens with one attached hydrogen (secondary N) is 1. The number of nitriles is 1. The van der Waals surface area contributed by atoms with Crippen molar-refractivity contribution in [2.45, 2.75) is 13.0 Å². The van der Waals surface area contributed by atoms with Crippen LogP contribution in [0, 0.1) is 11.3 Å². The van der Waals surface area contributed by atoms with Crippen molar-refractivity contribution in [3.05, 3.63) is 11.9 Å². The van der Waals surface area contributed by atoms with Gasteiger partial charge in [-0.1, -0.05) is 0 Å². The van der Waals surface area contributed by atoms with Crippen LogP contribution in [0.5, 0.6) is 5.88 Å². The smallest absolute Gasteiger partial charge is 0.266 e. The lowest BCUT2D eigenvalue weighted by atomic mass is 10.3. The zero-order chi connectivity index (χ0) is 10.1. The van der Waals surface area contributed by atoms with Gasteiger partial charge in [0.15, 0.2) is 17.6 Å². The maximum absolute atomic E-state index is 11.2. The molecule has 0 radical (unpaired) electrons. The molecule has 0 aromatic carbocycles. The maximum Gasteiger partial charge on any atom is 0.266 e. The van der Waals surface area contributed by atoms with Gasteiger partial charge < -0.3 is 10.1 Å². The number of anilines is 1. The van der Waals surface area contributed by atoms with E-state index in [0.717, 1.165) is 0 Å². The van der Waals surface area contributed by atoms with E-state index in [1.54, 1.807) is 6.92 Å². The number of carbonyl (C=O) groups is 1. The lowest BCUT2D eigenvalue weighted by Crippen LogP contribution is -2.35. The Kier molecular flexibility index (Phi) is 1.78. The van der Waals surface area contributed by atoms with Crippen LogP contribution in [0.25, 0.3) is 0 Å². The molecule has 0 bridgehead atoms. The predicted molar refractivity (Wildman–Crippen MR) is 45.5 cm³/mol. The Morgan fingerprint density at radius 2 is 2.50 bits per heavy atom. The van der Waals surface area contributed by atoms with E-state index in [2.05, 4.69) is 15.3 Å². The second-order valence-electron chi connectivity index (χ2n) is 2.77. The summed E-state index contributed by atoms with van der Waals surface area (Å²) in [4.78, 5) is 18.9. The Balaban J connectivity index is 2.44. The van der Waals surface area contributed by atoms with Gasteiger partial charge in [-0.2, -0.15) is 5.26 Å². The van der Waals surface area contributed by atoms with E-state index in [4.69, 9.17) is 10.00 Å². The number of fused-ring (bicyclic) bond motifs is 1. The highest BCUT2D eigenvalue weighted by molar-refractivity contribution is 5.95. The summed E-state index contributed by atoms with van der Waals surface area (Å²) in [6.07, 6.45) is 0.716. The summed E-state index contributed by atoms with van der Waals surface area (Å²) < 4.78 is 5.15. The molecule has 2 rings (SSSR count). The molecule has 0 aliphatic carbocycles. The largest absolute Gasteiger partial charge is 0.462 e. The molecule has 0 fully saturated rings. The summed E-state index contributed by atoms with van der Waals surface area (Å²) in [5.41, 5.74) is 0.141. The number of hydrogen-bond donors (Lipinski definition) is 1. The summed E-state index contributed by atoms with van der Waals surface area (Å²) >= 11 is 0. The summed E-state index contributed by atoms with van der Waals surface area (Å²) in [7, 11) is 0. The second kappa shape index (κ2) is 2.96. The molecule has 1 aromatic heterocycles. The maximum atomic E-state index is 11.2. The van der Waals surface area contributed by atoms with Gasteiger partial charge in [0, 0.05) is 0 Å².